The molecular weight excluding hydrogens is 234 g/mol. The number of benzene rings is 2. The number of imidazole rings is 1. The number of fused-ring (bicyclic) bond motifs is 2. The van der Waals surface area contributed by atoms with Crippen molar-refractivity contribution in [1.82, 2.24) is 9.97 Å². The van der Waals surface area contributed by atoms with Crippen LogP contribution in [0.15, 0.2) is 36.4 Å². The van der Waals surface area contributed by atoms with E-state index in [4.69, 9.17) is 0 Å². The van der Waals surface area contributed by atoms with E-state index in [-0.39, 0.29) is 0 Å². The number of rotatable bonds is 1. The predicted molar refractivity (Wildman–Crippen MR) is 78.5 cm³/mol. The lowest BCUT2D eigenvalue weighted by Crippen LogP contribution is -1.90. The predicted octanol–water partition coefficient (Wildman–Crippen LogP) is 3.51. The second kappa shape index (κ2) is 3.85. The first-order valence-electron chi connectivity index (χ1n) is 6.63. The molecule has 0 saturated carbocycles. The second-order valence-electron chi connectivity index (χ2n) is 5.15. The van der Waals surface area contributed by atoms with Gasteiger partial charge in [0.1, 0.15) is 5.82 Å². The molecule has 2 N–H and O–H groups in total. The van der Waals surface area contributed by atoms with Crippen molar-refractivity contribution in [1.29, 1.82) is 0 Å². The minimum Gasteiger partial charge on any atom is -0.384 e. The van der Waals surface area contributed by atoms with Crippen LogP contribution in [0.4, 0.5) is 5.69 Å². The molecule has 3 aromatic rings. The summed E-state index contributed by atoms with van der Waals surface area (Å²) < 4.78 is 0. The van der Waals surface area contributed by atoms with E-state index in [1.807, 2.05) is 0 Å². The van der Waals surface area contributed by atoms with Crippen molar-refractivity contribution in [3.63, 3.8) is 0 Å². The Morgan fingerprint density at radius 3 is 3.00 bits per heavy atom. The van der Waals surface area contributed by atoms with Crippen molar-refractivity contribution >= 4 is 16.7 Å². The summed E-state index contributed by atoms with van der Waals surface area (Å²) in [5.74, 6) is 0.954. The SMILES string of the molecule is Cc1ccc2nc(-c3ccc4c(c3)CCN4)[nH]c2c1. The average molecular weight is 249 g/mol. The van der Waals surface area contributed by atoms with Gasteiger partial charge < -0.3 is 10.3 Å². The molecule has 0 unspecified atom stereocenters. The highest BCUT2D eigenvalue weighted by Gasteiger charge is 2.12. The van der Waals surface area contributed by atoms with Gasteiger partial charge in [-0.15, -0.1) is 0 Å². The van der Waals surface area contributed by atoms with E-state index in [1.54, 1.807) is 0 Å². The Bertz CT molecular complexity index is 771. The Labute approximate surface area is 111 Å². The number of hydrogen-bond acceptors (Lipinski definition) is 2. The van der Waals surface area contributed by atoms with Gasteiger partial charge in [0.05, 0.1) is 11.0 Å². The van der Waals surface area contributed by atoms with Gasteiger partial charge in [-0.05, 0) is 54.8 Å². The Hall–Kier alpha value is -2.29. The molecular formula is C16H15N3. The number of aromatic nitrogens is 2. The Balaban J connectivity index is 1.85. The second-order valence-corrected chi connectivity index (χ2v) is 5.15. The van der Waals surface area contributed by atoms with Crippen LogP contribution in [0.1, 0.15) is 11.1 Å². The molecule has 0 radical (unpaired) electrons. The van der Waals surface area contributed by atoms with Gasteiger partial charge in [0, 0.05) is 17.8 Å². The van der Waals surface area contributed by atoms with Crippen molar-refractivity contribution < 1.29 is 0 Å². The van der Waals surface area contributed by atoms with Crippen molar-refractivity contribution in [3.05, 3.63) is 47.5 Å². The van der Waals surface area contributed by atoms with Crippen molar-refractivity contribution in [2.45, 2.75) is 13.3 Å². The molecule has 3 heteroatoms. The third kappa shape index (κ3) is 1.70. The fraction of sp³-hybridized carbons (Fsp3) is 0.188. The van der Waals surface area contributed by atoms with Crippen LogP contribution in [-0.2, 0) is 6.42 Å². The molecule has 4 rings (SSSR count). The van der Waals surface area contributed by atoms with Gasteiger partial charge in [0.2, 0.25) is 0 Å². The maximum atomic E-state index is 4.67. The van der Waals surface area contributed by atoms with Gasteiger partial charge in [-0.1, -0.05) is 6.07 Å². The molecule has 3 nitrogen and oxygen atoms in total. The van der Waals surface area contributed by atoms with Crippen LogP contribution in [0, 0.1) is 6.92 Å². The molecule has 1 aliphatic heterocycles. The van der Waals surface area contributed by atoms with E-state index < -0.39 is 0 Å². The highest BCUT2D eigenvalue weighted by molar-refractivity contribution is 5.80. The molecule has 19 heavy (non-hydrogen) atoms. The van der Waals surface area contributed by atoms with E-state index >= 15 is 0 Å². The van der Waals surface area contributed by atoms with Gasteiger partial charge in [-0.2, -0.15) is 0 Å². The topological polar surface area (TPSA) is 40.7 Å². The molecule has 0 fully saturated rings. The largest absolute Gasteiger partial charge is 0.384 e. The van der Waals surface area contributed by atoms with E-state index in [1.165, 1.54) is 16.8 Å². The zero-order chi connectivity index (χ0) is 12.8. The summed E-state index contributed by atoms with van der Waals surface area (Å²) in [6, 6.07) is 12.8. The fourth-order valence-electron chi connectivity index (χ4n) is 2.71. The summed E-state index contributed by atoms with van der Waals surface area (Å²) in [4.78, 5) is 8.09. The Morgan fingerprint density at radius 1 is 1.11 bits per heavy atom. The number of H-pyrrole nitrogens is 1. The summed E-state index contributed by atoms with van der Waals surface area (Å²) in [6.07, 6.45) is 1.10. The standard InChI is InChI=1S/C16H15N3/c1-10-2-4-14-15(8-10)19-16(18-14)12-3-5-13-11(9-12)6-7-17-13/h2-5,8-9,17H,6-7H2,1H3,(H,18,19). The highest BCUT2D eigenvalue weighted by Crippen LogP contribution is 2.28. The van der Waals surface area contributed by atoms with E-state index in [0.717, 1.165) is 35.4 Å². The van der Waals surface area contributed by atoms with Gasteiger partial charge in [-0.25, -0.2) is 4.98 Å². The summed E-state index contributed by atoms with van der Waals surface area (Å²) in [5, 5.41) is 3.38. The average Bonchev–Trinajstić information content (AvgIpc) is 3.02. The van der Waals surface area contributed by atoms with E-state index in [2.05, 4.69) is 58.6 Å². The molecule has 0 spiro atoms. The zero-order valence-electron chi connectivity index (χ0n) is 10.8. The Kier molecular flexibility index (Phi) is 2.15. The molecule has 2 aromatic carbocycles. The summed E-state index contributed by atoms with van der Waals surface area (Å²) in [5.41, 5.74) is 7.19. The van der Waals surface area contributed by atoms with Crippen LogP contribution in [-0.4, -0.2) is 16.5 Å². The summed E-state index contributed by atoms with van der Waals surface area (Å²) >= 11 is 0. The first-order valence-corrected chi connectivity index (χ1v) is 6.63. The van der Waals surface area contributed by atoms with Crippen LogP contribution in [0.3, 0.4) is 0 Å². The third-order valence-corrected chi connectivity index (χ3v) is 3.73. The fourth-order valence-corrected chi connectivity index (χ4v) is 2.71. The normalized spacial score (nSPS) is 13.5. The zero-order valence-corrected chi connectivity index (χ0v) is 10.8. The monoisotopic (exact) mass is 249 g/mol. The first kappa shape index (κ1) is 10.6. The van der Waals surface area contributed by atoms with Gasteiger partial charge in [0.15, 0.2) is 0 Å². The number of anilines is 1. The number of nitrogens with one attached hydrogen (secondary N) is 2. The maximum Gasteiger partial charge on any atom is 0.138 e. The molecule has 94 valence electrons. The Morgan fingerprint density at radius 2 is 2.05 bits per heavy atom. The van der Waals surface area contributed by atoms with Gasteiger partial charge in [0.25, 0.3) is 0 Å². The molecule has 0 amide bonds. The van der Waals surface area contributed by atoms with Gasteiger partial charge in [-0.3, -0.25) is 0 Å². The van der Waals surface area contributed by atoms with Crippen LogP contribution in [0.2, 0.25) is 0 Å². The number of aromatic amines is 1. The molecule has 2 heterocycles. The van der Waals surface area contributed by atoms with Gasteiger partial charge >= 0.3 is 0 Å². The molecule has 0 bridgehead atoms. The molecule has 0 atom stereocenters. The quantitative estimate of drug-likeness (QED) is 0.693. The molecule has 0 aliphatic carbocycles. The van der Waals surface area contributed by atoms with Crippen LogP contribution < -0.4 is 5.32 Å². The molecule has 1 aromatic heterocycles. The lowest BCUT2D eigenvalue weighted by Gasteiger charge is -2.01. The van der Waals surface area contributed by atoms with Crippen molar-refractivity contribution in [2.75, 3.05) is 11.9 Å². The molecule has 0 saturated heterocycles. The number of nitrogens with zero attached hydrogens (tertiary/aromatic N) is 1. The lowest BCUT2D eigenvalue weighted by atomic mass is 10.1. The number of aryl methyl sites for hydroxylation is 1. The molecule has 1 aliphatic rings. The minimum atomic E-state index is 0.954. The van der Waals surface area contributed by atoms with E-state index in [9.17, 15) is 0 Å². The van der Waals surface area contributed by atoms with E-state index in [0.29, 0.717) is 0 Å². The smallest absolute Gasteiger partial charge is 0.138 e. The maximum absolute atomic E-state index is 4.67. The van der Waals surface area contributed by atoms with Crippen LogP contribution in [0.25, 0.3) is 22.4 Å². The van der Waals surface area contributed by atoms with Crippen LogP contribution in [0.5, 0.6) is 0 Å². The minimum absolute atomic E-state index is 0.954. The summed E-state index contributed by atoms with van der Waals surface area (Å²) in [7, 11) is 0. The summed E-state index contributed by atoms with van der Waals surface area (Å²) in [6.45, 7) is 3.14. The third-order valence-electron chi connectivity index (χ3n) is 3.73. The first-order chi connectivity index (χ1) is 9.29. The number of hydrogen-bond donors (Lipinski definition) is 2. The lowest BCUT2D eigenvalue weighted by molar-refractivity contribution is 1.11. The van der Waals surface area contributed by atoms with Crippen LogP contribution >= 0.6 is 0 Å². The highest BCUT2D eigenvalue weighted by atomic mass is 14.9. The van der Waals surface area contributed by atoms with Crippen molar-refractivity contribution in [2.24, 2.45) is 0 Å². The van der Waals surface area contributed by atoms with Crippen molar-refractivity contribution in [3.8, 4) is 11.4 Å².